The Morgan fingerprint density at radius 3 is 2.67 bits per heavy atom. The minimum absolute atomic E-state index is 0.184. The Morgan fingerprint density at radius 2 is 1.85 bits per heavy atom. The number of hydrogen-bond donors (Lipinski definition) is 1. The molecule has 9 heteroatoms. The molecule has 1 N–H and O–H groups in total. The molecule has 4 aromatic rings. The molecular formula is C24H18ClN3O4S. The predicted molar refractivity (Wildman–Crippen MR) is 126 cm³/mol. The molecule has 0 fully saturated rings. The fourth-order valence-corrected chi connectivity index (χ4v) is 4.34. The molecule has 1 aliphatic heterocycles. The summed E-state index contributed by atoms with van der Waals surface area (Å²) in [4.78, 5) is 13.2. The lowest BCUT2D eigenvalue weighted by atomic mass is 10.1. The normalized spacial score (nSPS) is 13.0. The summed E-state index contributed by atoms with van der Waals surface area (Å²) in [5.41, 5.74) is 3.06. The van der Waals surface area contributed by atoms with Gasteiger partial charge in [0.25, 0.3) is 5.22 Å². The molecule has 0 aliphatic carbocycles. The minimum atomic E-state index is -0.615. The lowest BCUT2D eigenvalue weighted by Crippen LogP contribution is -2.19. The third-order valence-electron chi connectivity index (χ3n) is 5.02. The van der Waals surface area contributed by atoms with Gasteiger partial charge in [-0.15, -0.1) is 10.2 Å². The number of nitrogens with zero attached hydrogens (tertiary/aromatic N) is 2. The number of aromatic nitrogens is 2. The molecule has 7 nitrogen and oxygen atoms in total. The van der Waals surface area contributed by atoms with Crippen molar-refractivity contribution < 1.29 is 18.7 Å². The molecule has 3 aromatic carbocycles. The highest BCUT2D eigenvalue weighted by Crippen LogP contribution is 2.39. The number of carbonyl (C=O) groups excluding carboxylic acids is 1. The van der Waals surface area contributed by atoms with E-state index in [1.807, 2.05) is 55.5 Å². The number of halogens is 1. The maximum absolute atomic E-state index is 13.2. The van der Waals surface area contributed by atoms with Gasteiger partial charge in [-0.3, -0.25) is 4.79 Å². The summed E-state index contributed by atoms with van der Waals surface area (Å²) in [5, 5.41) is 11.5. The average Bonchev–Trinajstić information content (AvgIpc) is 3.49. The number of fused-ring (bicyclic) bond motifs is 1. The van der Waals surface area contributed by atoms with Gasteiger partial charge in [0, 0.05) is 16.3 Å². The lowest BCUT2D eigenvalue weighted by Gasteiger charge is -2.15. The van der Waals surface area contributed by atoms with Crippen LogP contribution in [0.2, 0.25) is 5.02 Å². The summed E-state index contributed by atoms with van der Waals surface area (Å²) in [5.74, 6) is 1.39. The highest BCUT2D eigenvalue weighted by molar-refractivity contribution is 8.00. The summed E-state index contributed by atoms with van der Waals surface area (Å²) in [6.07, 6.45) is 0. The molecular weight excluding hydrogens is 462 g/mol. The summed E-state index contributed by atoms with van der Waals surface area (Å²) in [6.45, 7) is 2.09. The average molecular weight is 480 g/mol. The SMILES string of the molecule is Cc1ccc(NC(=O)[C@@H](Sc2nnc(-c3ccc4c(c3)OCO4)o2)c2ccccc2)cc1Cl. The van der Waals surface area contributed by atoms with Gasteiger partial charge in [0.2, 0.25) is 18.6 Å². The highest BCUT2D eigenvalue weighted by Gasteiger charge is 2.26. The molecule has 0 saturated heterocycles. The van der Waals surface area contributed by atoms with E-state index in [0.717, 1.165) is 11.1 Å². The van der Waals surface area contributed by atoms with E-state index < -0.39 is 5.25 Å². The smallest absolute Gasteiger partial charge is 0.277 e. The molecule has 166 valence electrons. The number of nitrogens with one attached hydrogen (secondary N) is 1. The number of amides is 1. The van der Waals surface area contributed by atoms with E-state index in [0.29, 0.717) is 33.7 Å². The van der Waals surface area contributed by atoms with E-state index in [1.54, 1.807) is 18.2 Å². The number of rotatable bonds is 6. The third kappa shape index (κ3) is 4.67. The van der Waals surface area contributed by atoms with Gasteiger partial charge in [-0.05, 0) is 60.1 Å². The van der Waals surface area contributed by atoms with Crippen LogP contribution in [-0.4, -0.2) is 22.9 Å². The molecule has 0 spiro atoms. The maximum Gasteiger partial charge on any atom is 0.277 e. The van der Waals surface area contributed by atoms with E-state index in [9.17, 15) is 4.79 Å². The van der Waals surface area contributed by atoms with Crippen molar-refractivity contribution in [2.75, 3.05) is 12.1 Å². The first-order valence-corrected chi connectivity index (χ1v) is 11.3. The van der Waals surface area contributed by atoms with Gasteiger partial charge in [0.15, 0.2) is 11.5 Å². The first-order valence-electron chi connectivity index (χ1n) is 10.1. The summed E-state index contributed by atoms with van der Waals surface area (Å²) in [7, 11) is 0. The quantitative estimate of drug-likeness (QED) is 0.344. The number of benzene rings is 3. The van der Waals surface area contributed by atoms with Crippen LogP contribution in [-0.2, 0) is 4.79 Å². The van der Waals surface area contributed by atoms with Crippen LogP contribution in [0.5, 0.6) is 11.5 Å². The van der Waals surface area contributed by atoms with Gasteiger partial charge in [-0.25, -0.2) is 0 Å². The van der Waals surface area contributed by atoms with Crippen LogP contribution in [0.4, 0.5) is 5.69 Å². The molecule has 0 saturated carbocycles. The van der Waals surface area contributed by atoms with Crippen LogP contribution in [0.15, 0.2) is 76.4 Å². The van der Waals surface area contributed by atoms with Crippen molar-refractivity contribution in [3.8, 4) is 23.0 Å². The van der Waals surface area contributed by atoms with E-state index in [2.05, 4.69) is 15.5 Å². The highest BCUT2D eigenvalue weighted by atomic mass is 35.5. The standard InChI is InChI=1S/C24H18ClN3O4S/c1-14-7-9-17(12-18(14)25)26-22(29)21(15-5-3-2-4-6-15)33-24-28-27-23(32-24)16-8-10-19-20(11-16)31-13-30-19/h2-12,21H,13H2,1H3,(H,26,29)/t21-/m0/s1. The van der Waals surface area contributed by atoms with Gasteiger partial charge >= 0.3 is 0 Å². The number of thioether (sulfide) groups is 1. The fourth-order valence-electron chi connectivity index (χ4n) is 3.28. The van der Waals surface area contributed by atoms with Gasteiger partial charge < -0.3 is 19.2 Å². The van der Waals surface area contributed by atoms with Gasteiger partial charge in [0.1, 0.15) is 5.25 Å². The summed E-state index contributed by atoms with van der Waals surface area (Å²) in [6, 6.07) is 20.2. The lowest BCUT2D eigenvalue weighted by molar-refractivity contribution is -0.115. The Labute approximate surface area is 199 Å². The van der Waals surface area contributed by atoms with Crippen molar-refractivity contribution >= 4 is 35.0 Å². The molecule has 0 radical (unpaired) electrons. The molecule has 0 bridgehead atoms. The molecule has 1 aromatic heterocycles. The van der Waals surface area contributed by atoms with E-state index in [1.165, 1.54) is 11.8 Å². The molecule has 1 atom stereocenters. The van der Waals surface area contributed by atoms with Crippen LogP contribution in [0, 0.1) is 6.92 Å². The van der Waals surface area contributed by atoms with Crippen LogP contribution < -0.4 is 14.8 Å². The van der Waals surface area contributed by atoms with Crippen LogP contribution in [0.3, 0.4) is 0 Å². The van der Waals surface area contributed by atoms with Crippen molar-refractivity contribution in [3.05, 3.63) is 82.9 Å². The van der Waals surface area contributed by atoms with Gasteiger partial charge in [0.05, 0.1) is 0 Å². The zero-order chi connectivity index (χ0) is 22.8. The van der Waals surface area contributed by atoms with Gasteiger partial charge in [-0.2, -0.15) is 0 Å². The zero-order valence-electron chi connectivity index (χ0n) is 17.4. The summed E-state index contributed by atoms with van der Waals surface area (Å²) >= 11 is 7.39. The second kappa shape index (κ2) is 9.17. The predicted octanol–water partition coefficient (Wildman–Crippen LogP) is 5.90. The molecule has 33 heavy (non-hydrogen) atoms. The van der Waals surface area contributed by atoms with Crippen molar-refractivity contribution in [1.29, 1.82) is 0 Å². The number of hydrogen-bond acceptors (Lipinski definition) is 7. The Morgan fingerprint density at radius 1 is 1.03 bits per heavy atom. The summed E-state index contributed by atoms with van der Waals surface area (Å²) < 4.78 is 16.6. The van der Waals surface area contributed by atoms with Crippen LogP contribution >= 0.6 is 23.4 Å². The Kier molecular flexibility index (Phi) is 5.93. The largest absolute Gasteiger partial charge is 0.454 e. The van der Waals surface area contributed by atoms with E-state index in [4.69, 9.17) is 25.5 Å². The molecule has 1 aliphatic rings. The number of anilines is 1. The Hall–Kier alpha value is -3.49. The van der Waals surface area contributed by atoms with Crippen molar-refractivity contribution in [2.45, 2.75) is 17.4 Å². The van der Waals surface area contributed by atoms with Crippen molar-refractivity contribution in [2.24, 2.45) is 0 Å². The number of carbonyl (C=O) groups is 1. The molecule has 5 rings (SSSR count). The third-order valence-corrected chi connectivity index (χ3v) is 6.52. The zero-order valence-corrected chi connectivity index (χ0v) is 19.0. The Bertz CT molecular complexity index is 1310. The minimum Gasteiger partial charge on any atom is -0.454 e. The molecule has 1 amide bonds. The van der Waals surface area contributed by atoms with E-state index >= 15 is 0 Å². The monoisotopic (exact) mass is 479 g/mol. The Balaban J connectivity index is 1.39. The second-order valence-corrected chi connectivity index (χ2v) is 8.77. The van der Waals surface area contributed by atoms with Gasteiger partial charge in [-0.1, -0.05) is 48.0 Å². The first-order chi connectivity index (χ1) is 16.1. The molecule has 2 heterocycles. The second-order valence-electron chi connectivity index (χ2n) is 7.30. The van der Waals surface area contributed by atoms with Crippen molar-refractivity contribution in [1.82, 2.24) is 10.2 Å². The van der Waals surface area contributed by atoms with E-state index in [-0.39, 0.29) is 17.9 Å². The number of ether oxygens (including phenoxy) is 2. The maximum atomic E-state index is 13.2. The molecule has 0 unspecified atom stereocenters. The number of aryl methyl sites for hydroxylation is 1. The first kappa shape index (κ1) is 21.4. The van der Waals surface area contributed by atoms with Crippen molar-refractivity contribution in [3.63, 3.8) is 0 Å². The van der Waals surface area contributed by atoms with Crippen LogP contribution in [0.1, 0.15) is 16.4 Å². The van der Waals surface area contributed by atoms with Crippen LogP contribution in [0.25, 0.3) is 11.5 Å². The topological polar surface area (TPSA) is 86.5 Å². The fraction of sp³-hybridized carbons (Fsp3) is 0.125.